The number of esters is 1. The summed E-state index contributed by atoms with van der Waals surface area (Å²) < 4.78 is 7.40. The maximum Gasteiger partial charge on any atom is 0.339 e. The third-order valence-corrected chi connectivity index (χ3v) is 7.27. The van der Waals surface area contributed by atoms with Gasteiger partial charge >= 0.3 is 5.97 Å². The van der Waals surface area contributed by atoms with Crippen molar-refractivity contribution in [3.8, 4) is 0 Å². The van der Waals surface area contributed by atoms with Crippen molar-refractivity contribution < 1.29 is 14.3 Å². The highest BCUT2D eigenvalue weighted by Gasteiger charge is 2.35. The van der Waals surface area contributed by atoms with Crippen molar-refractivity contribution in [2.24, 2.45) is 0 Å². The molecule has 35 heavy (non-hydrogen) atoms. The Hall–Kier alpha value is -3.39. The summed E-state index contributed by atoms with van der Waals surface area (Å²) in [6.07, 6.45) is 3.90. The quantitative estimate of drug-likeness (QED) is 0.171. The van der Waals surface area contributed by atoms with E-state index in [-0.39, 0.29) is 11.5 Å². The third-order valence-electron chi connectivity index (χ3n) is 5.72. The number of halogens is 1. The Morgan fingerprint density at radius 1 is 1.06 bits per heavy atom. The van der Waals surface area contributed by atoms with Crippen LogP contribution >= 0.6 is 35.6 Å². The van der Waals surface area contributed by atoms with Gasteiger partial charge in [0.1, 0.15) is 0 Å². The molecule has 4 aromatic rings. The van der Waals surface area contributed by atoms with Crippen LogP contribution in [0.15, 0.2) is 83.9 Å². The number of hydrogen-bond donors (Lipinski definition) is 0. The molecule has 0 N–H and O–H groups in total. The Morgan fingerprint density at radius 2 is 1.77 bits per heavy atom. The van der Waals surface area contributed by atoms with Crippen LogP contribution in [0.1, 0.15) is 21.5 Å². The molecule has 1 saturated heterocycles. The number of thiocarbonyl (C=S) groups is 1. The number of fused-ring (bicyclic) bond motifs is 1. The number of aromatic nitrogens is 1. The van der Waals surface area contributed by atoms with Gasteiger partial charge in [-0.3, -0.25) is 9.69 Å². The summed E-state index contributed by atoms with van der Waals surface area (Å²) in [6, 6.07) is 22.6. The molecule has 3 aromatic carbocycles. The van der Waals surface area contributed by atoms with Crippen LogP contribution in [0.25, 0.3) is 17.0 Å². The Bertz CT molecular complexity index is 1510. The minimum atomic E-state index is -0.524. The van der Waals surface area contributed by atoms with Crippen LogP contribution in [0.2, 0.25) is 5.02 Å². The molecule has 1 aromatic heterocycles. The molecule has 0 aliphatic carbocycles. The van der Waals surface area contributed by atoms with Crippen LogP contribution in [0.3, 0.4) is 0 Å². The molecule has 1 fully saturated rings. The van der Waals surface area contributed by atoms with E-state index in [1.54, 1.807) is 24.3 Å². The maximum absolute atomic E-state index is 13.4. The molecule has 0 atom stereocenters. The fourth-order valence-electron chi connectivity index (χ4n) is 4.08. The monoisotopic (exact) mass is 518 g/mol. The molecule has 0 bridgehead atoms. The second-order valence-electron chi connectivity index (χ2n) is 7.88. The lowest BCUT2D eigenvalue weighted by Gasteiger charge is -2.17. The number of para-hydroxylation sites is 2. The molecular weight excluding hydrogens is 500 g/mol. The van der Waals surface area contributed by atoms with Gasteiger partial charge in [0.2, 0.25) is 0 Å². The van der Waals surface area contributed by atoms with Crippen molar-refractivity contribution in [2.45, 2.75) is 6.54 Å². The van der Waals surface area contributed by atoms with E-state index in [9.17, 15) is 9.59 Å². The summed E-state index contributed by atoms with van der Waals surface area (Å²) in [7, 11) is 1.31. The first-order valence-corrected chi connectivity index (χ1v) is 12.3. The number of nitrogens with zero attached hydrogens (tertiary/aromatic N) is 2. The largest absolute Gasteiger partial charge is 0.465 e. The molecule has 0 unspecified atom stereocenters. The lowest BCUT2D eigenvalue weighted by atomic mass is 10.1. The van der Waals surface area contributed by atoms with Crippen LogP contribution in [0, 0.1) is 0 Å². The molecule has 5 rings (SSSR count). The zero-order valence-electron chi connectivity index (χ0n) is 18.6. The highest BCUT2D eigenvalue weighted by atomic mass is 35.5. The van der Waals surface area contributed by atoms with Crippen molar-refractivity contribution >= 4 is 74.4 Å². The topological polar surface area (TPSA) is 51.5 Å². The number of amides is 1. The lowest BCUT2D eigenvalue weighted by Crippen LogP contribution is -2.29. The fraction of sp³-hybridized carbons (Fsp3) is 0.0741. The van der Waals surface area contributed by atoms with Crippen molar-refractivity contribution in [1.82, 2.24) is 4.57 Å². The van der Waals surface area contributed by atoms with E-state index in [0.29, 0.717) is 26.5 Å². The van der Waals surface area contributed by atoms with Gasteiger partial charge in [-0.05, 0) is 42.0 Å². The molecule has 0 radical (unpaired) electrons. The highest BCUT2D eigenvalue weighted by Crippen LogP contribution is 2.38. The number of carbonyl (C=O) groups is 2. The van der Waals surface area contributed by atoms with Crippen LogP contribution in [-0.4, -0.2) is 27.9 Å². The Balaban J connectivity index is 1.52. The predicted molar refractivity (Wildman–Crippen MR) is 146 cm³/mol. The SMILES string of the molecule is COC(=O)c1ccccc1N1C(=O)/C(=C/c2cn(Cc3ccc(Cl)cc3)c3ccccc23)SC1=S. The predicted octanol–water partition coefficient (Wildman–Crippen LogP) is 6.54. The number of thioether (sulfide) groups is 1. The van der Waals surface area contributed by atoms with Crippen molar-refractivity contribution in [3.05, 3.63) is 106 Å². The molecule has 2 heterocycles. The second kappa shape index (κ2) is 9.70. The smallest absolute Gasteiger partial charge is 0.339 e. The number of benzene rings is 3. The summed E-state index contributed by atoms with van der Waals surface area (Å²) in [5.74, 6) is -0.796. The zero-order chi connectivity index (χ0) is 24.5. The zero-order valence-corrected chi connectivity index (χ0v) is 21.0. The van der Waals surface area contributed by atoms with Gasteiger partial charge in [-0.1, -0.05) is 78.0 Å². The van der Waals surface area contributed by atoms with Crippen molar-refractivity contribution in [3.63, 3.8) is 0 Å². The minimum absolute atomic E-state index is 0.272. The molecule has 1 amide bonds. The molecule has 5 nitrogen and oxygen atoms in total. The average Bonchev–Trinajstić information content (AvgIpc) is 3.36. The van der Waals surface area contributed by atoms with Gasteiger partial charge in [0.25, 0.3) is 5.91 Å². The van der Waals surface area contributed by atoms with Crippen molar-refractivity contribution in [1.29, 1.82) is 0 Å². The van der Waals surface area contributed by atoms with Gasteiger partial charge < -0.3 is 9.30 Å². The van der Waals surface area contributed by atoms with E-state index in [4.69, 9.17) is 28.6 Å². The van der Waals surface area contributed by atoms with Crippen LogP contribution < -0.4 is 4.90 Å². The minimum Gasteiger partial charge on any atom is -0.465 e. The number of hydrogen-bond acceptors (Lipinski definition) is 5. The summed E-state index contributed by atoms with van der Waals surface area (Å²) in [5.41, 5.74) is 3.78. The number of methoxy groups -OCH3 is 1. The van der Waals surface area contributed by atoms with E-state index in [0.717, 1.165) is 22.0 Å². The molecule has 1 aliphatic heterocycles. The summed E-state index contributed by atoms with van der Waals surface area (Å²) in [4.78, 5) is 27.6. The first-order chi connectivity index (χ1) is 17.0. The van der Waals surface area contributed by atoms with Crippen molar-refractivity contribution in [2.75, 3.05) is 12.0 Å². The first kappa shape index (κ1) is 23.4. The van der Waals surface area contributed by atoms with Gasteiger partial charge in [-0.2, -0.15) is 0 Å². The first-order valence-electron chi connectivity index (χ1n) is 10.7. The average molecular weight is 519 g/mol. The number of anilines is 1. The Morgan fingerprint density at radius 3 is 2.54 bits per heavy atom. The van der Waals surface area contributed by atoms with E-state index in [1.165, 1.54) is 23.8 Å². The van der Waals surface area contributed by atoms with Gasteiger partial charge in [0.05, 0.1) is 23.3 Å². The van der Waals surface area contributed by atoms with E-state index in [1.807, 2.05) is 54.7 Å². The van der Waals surface area contributed by atoms with Gasteiger partial charge in [-0.15, -0.1) is 0 Å². The third kappa shape index (κ3) is 4.50. The van der Waals surface area contributed by atoms with Gasteiger partial charge in [0, 0.05) is 34.2 Å². The molecule has 1 aliphatic rings. The molecule has 0 saturated carbocycles. The number of ether oxygens (including phenoxy) is 1. The van der Waals surface area contributed by atoms with Crippen LogP contribution in [-0.2, 0) is 16.1 Å². The Kier molecular flexibility index (Phi) is 6.47. The highest BCUT2D eigenvalue weighted by molar-refractivity contribution is 8.27. The summed E-state index contributed by atoms with van der Waals surface area (Å²) >= 11 is 12.8. The van der Waals surface area contributed by atoms with E-state index < -0.39 is 5.97 Å². The standard InChI is InChI=1S/C27H19ClN2O3S2/c1-33-26(32)21-7-3-5-9-23(21)30-25(31)24(35-27(30)34)14-18-16-29(22-8-4-2-6-20(18)22)15-17-10-12-19(28)13-11-17/h2-14,16H,15H2,1H3/b24-14-. The van der Waals surface area contributed by atoms with Crippen LogP contribution in [0.4, 0.5) is 5.69 Å². The number of rotatable bonds is 5. The summed E-state index contributed by atoms with van der Waals surface area (Å²) in [5, 5.41) is 1.73. The molecule has 174 valence electrons. The lowest BCUT2D eigenvalue weighted by molar-refractivity contribution is -0.113. The second-order valence-corrected chi connectivity index (χ2v) is 9.99. The van der Waals surface area contributed by atoms with Gasteiger partial charge in [0.15, 0.2) is 4.32 Å². The number of carbonyl (C=O) groups excluding carboxylic acids is 2. The van der Waals surface area contributed by atoms with Crippen LogP contribution in [0.5, 0.6) is 0 Å². The maximum atomic E-state index is 13.4. The molecule has 8 heteroatoms. The summed E-state index contributed by atoms with van der Waals surface area (Å²) in [6.45, 7) is 0.666. The molecule has 0 spiro atoms. The molecular formula is C27H19ClN2O3S2. The van der Waals surface area contributed by atoms with E-state index in [2.05, 4.69) is 10.6 Å². The normalized spacial score (nSPS) is 14.8. The fourth-order valence-corrected chi connectivity index (χ4v) is 5.48. The Labute approximate surface area is 216 Å². The van der Waals surface area contributed by atoms with Gasteiger partial charge in [-0.25, -0.2) is 4.79 Å². The van der Waals surface area contributed by atoms with E-state index >= 15 is 0 Å².